The predicted molar refractivity (Wildman–Crippen MR) is 145 cm³/mol. The summed E-state index contributed by atoms with van der Waals surface area (Å²) in [6.45, 7) is 0.695. The molecule has 214 valence electrons. The molecule has 2 atom stereocenters. The summed E-state index contributed by atoms with van der Waals surface area (Å²) in [4.78, 5) is 12.5. The van der Waals surface area contributed by atoms with Crippen molar-refractivity contribution >= 4 is 27.5 Å². The first kappa shape index (κ1) is 29.9. The van der Waals surface area contributed by atoms with Crippen LogP contribution in [-0.2, 0) is 37.5 Å². The van der Waals surface area contributed by atoms with E-state index in [2.05, 4.69) is 4.72 Å². The summed E-state index contributed by atoms with van der Waals surface area (Å²) >= 11 is 6.01. The maximum atomic E-state index is 13.2. The highest BCUT2D eigenvalue weighted by Crippen LogP contribution is 2.28. The third-order valence-electron chi connectivity index (χ3n) is 6.56. The Balaban J connectivity index is 1.33. The van der Waals surface area contributed by atoms with Crippen molar-refractivity contribution < 1.29 is 37.0 Å². The Morgan fingerprint density at radius 2 is 1.85 bits per heavy atom. The lowest BCUT2D eigenvalue weighted by Gasteiger charge is -2.38. The van der Waals surface area contributed by atoms with Gasteiger partial charge < -0.3 is 14.2 Å². The number of carbonyl (C=O) groups excluding carboxylic acids is 1. The zero-order valence-electron chi connectivity index (χ0n) is 21.5. The third-order valence-corrected chi connectivity index (χ3v) is 8.47. The molecule has 40 heavy (non-hydrogen) atoms. The number of carbonyl (C=O) groups is 1. The monoisotopic (exact) mass is 592 g/mol. The standard InChI is InChI=1S/C28H30ClFN2O7S/c29-26-16-22(30)7-6-21(26)18-38-23-8-10-25(11-9-23)40(35,36)32-28(27(33)31-34)14-12-24(39-19-28)13-15-37-17-20-4-2-1-3-5-20/h1-11,16,24,32,34H,12-15,17-19H2,(H,31,33). The van der Waals surface area contributed by atoms with Gasteiger partial charge in [-0.2, -0.15) is 4.72 Å². The molecular weight excluding hydrogens is 563 g/mol. The van der Waals surface area contributed by atoms with E-state index in [-0.39, 0.29) is 35.7 Å². The number of hydrogen-bond acceptors (Lipinski definition) is 7. The zero-order chi connectivity index (χ0) is 28.6. The largest absolute Gasteiger partial charge is 0.489 e. The number of halogens is 2. The van der Waals surface area contributed by atoms with Crippen LogP contribution in [0.2, 0.25) is 5.02 Å². The van der Waals surface area contributed by atoms with Gasteiger partial charge >= 0.3 is 0 Å². The summed E-state index contributed by atoms with van der Waals surface area (Å²) < 4.78 is 59.2. The van der Waals surface area contributed by atoms with Crippen molar-refractivity contribution in [3.63, 3.8) is 0 Å². The Bertz CT molecular complexity index is 1380. The fourth-order valence-corrected chi connectivity index (χ4v) is 5.88. The minimum absolute atomic E-state index is 0.0546. The average Bonchev–Trinajstić information content (AvgIpc) is 2.96. The first-order valence-corrected chi connectivity index (χ1v) is 14.5. The van der Waals surface area contributed by atoms with Crippen LogP contribution in [0, 0.1) is 5.82 Å². The van der Waals surface area contributed by atoms with Gasteiger partial charge in [-0.1, -0.05) is 48.0 Å². The van der Waals surface area contributed by atoms with Crippen molar-refractivity contribution in [3.8, 4) is 5.75 Å². The second-order valence-electron chi connectivity index (χ2n) is 9.42. The number of sulfonamides is 1. The van der Waals surface area contributed by atoms with Gasteiger partial charge in [0, 0.05) is 12.2 Å². The summed E-state index contributed by atoms with van der Waals surface area (Å²) in [5, 5.41) is 9.55. The van der Waals surface area contributed by atoms with Crippen LogP contribution in [0.1, 0.15) is 30.4 Å². The van der Waals surface area contributed by atoms with E-state index >= 15 is 0 Å². The number of nitrogens with one attached hydrogen (secondary N) is 2. The highest BCUT2D eigenvalue weighted by atomic mass is 35.5. The molecule has 4 rings (SSSR count). The second kappa shape index (κ2) is 13.5. The van der Waals surface area contributed by atoms with Gasteiger partial charge in [0.2, 0.25) is 10.0 Å². The number of ether oxygens (including phenoxy) is 3. The van der Waals surface area contributed by atoms with Gasteiger partial charge in [0.15, 0.2) is 0 Å². The zero-order valence-corrected chi connectivity index (χ0v) is 23.1. The van der Waals surface area contributed by atoms with E-state index in [4.69, 9.17) is 25.8 Å². The molecule has 0 bridgehead atoms. The minimum atomic E-state index is -4.18. The Morgan fingerprint density at radius 1 is 1.10 bits per heavy atom. The van der Waals surface area contributed by atoms with E-state index < -0.39 is 27.3 Å². The summed E-state index contributed by atoms with van der Waals surface area (Å²) in [5.74, 6) is -1.01. The van der Waals surface area contributed by atoms with E-state index in [1.165, 1.54) is 42.5 Å². The topological polar surface area (TPSA) is 123 Å². The molecule has 1 amide bonds. The molecule has 3 aromatic rings. The molecule has 3 N–H and O–H groups in total. The molecule has 3 aromatic carbocycles. The lowest BCUT2D eigenvalue weighted by Crippen LogP contribution is -2.63. The predicted octanol–water partition coefficient (Wildman–Crippen LogP) is 4.37. The molecule has 1 aliphatic rings. The molecule has 1 fully saturated rings. The van der Waals surface area contributed by atoms with Crippen molar-refractivity contribution in [3.05, 3.63) is 94.8 Å². The molecule has 0 saturated carbocycles. The van der Waals surface area contributed by atoms with Gasteiger partial charge in [-0.15, -0.1) is 0 Å². The number of benzene rings is 3. The molecule has 0 spiro atoms. The first-order chi connectivity index (χ1) is 19.2. The van der Waals surface area contributed by atoms with Crippen LogP contribution in [0.25, 0.3) is 0 Å². The van der Waals surface area contributed by atoms with Crippen LogP contribution in [0.15, 0.2) is 77.7 Å². The van der Waals surface area contributed by atoms with Crippen LogP contribution >= 0.6 is 11.6 Å². The number of hydroxylamine groups is 1. The molecule has 0 aromatic heterocycles. The Kier molecular flexibility index (Phi) is 10.1. The summed E-state index contributed by atoms with van der Waals surface area (Å²) in [5.41, 5.74) is 1.49. The van der Waals surface area contributed by atoms with Crippen LogP contribution in [0.5, 0.6) is 5.75 Å². The van der Waals surface area contributed by atoms with Crippen LogP contribution in [-0.4, -0.2) is 44.4 Å². The summed E-state index contributed by atoms with van der Waals surface area (Å²) in [7, 11) is -4.18. The summed E-state index contributed by atoms with van der Waals surface area (Å²) in [6, 6.07) is 19.2. The maximum Gasteiger partial charge on any atom is 0.267 e. The van der Waals surface area contributed by atoms with Crippen molar-refractivity contribution in [2.45, 2.75) is 49.0 Å². The van der Waals surface area contributed by atoms with Gasteiger partial charge in [-0.05, 0) is 61.2 Å². The summed E-state index contributed by atoms with van der Waals surface area (Å²) in [6.07, 6.45) is 0.831. The molecular formula is C28H30ClFN2O7S. The molecule has 12 heteroatoms. The van der Waals surface area contributed by atoms with Gasteiger partial charge in [-0.3, -0.25) is 10.0 Å². The van der Waals surface area contributed by atoms with Crippen molar-refractivity contribution in [2.75, 3.05) is 13.2 Å². The molecule has 1 aliphatic heterocycles. The minimum Gasteiger partial charge on any atom is -0.489 e. The van der Waals surface area contributed by atoms with E-state index in [0.717, 1.165) is 5.56 Å². The van der Waals surface area contributed by atoms with Gasteiger partial charge in [-0.25, -0.2) is 18.3 Å². The quantitative estimate of drug-likeness (QED) is 0.162. The van der Waals surface area contributed by atoms with E-state index in [0.29, 0.717) is 37.4 Å². The van der Waals surface area contributed by atoms with Crippen LogP contribution in [0.4, 0.5) is 4.39 Å². The average molecular weight is 593 g/mol. The van der Waals surface area contributed by atoms with E-state index in [1.807, 2.05) is 30.3 Å². The Morgan fingerprint density at radius 3 is 2.50 bits per heavy atom. The number of hydrogen-bond donors (Lipinski definition) is 3. The first-order valence-electron chi connectivity index (χ1n) is 12.6. The van der Waals surface area contributed by atoms with E-state index in [1.54, 1.807) is 5.48 Å². The molecule has 1 heterocycles. The highest BCUT2D eigenvalue weighted by Gasteiger charge is 2.46. The van der Waals surface area contributed by atoms with Crippen molar-refractivity contribution in [2.24, 2.45) is 0 Å². The lowest BCUT2D eigenvalue weighted by molar-refractivity contribution is -0.144. The molecule has 0 aliphatic carbocycles. The molecule has 2 unspecified atom stereocenters. The molecule has 1 saturated heterocycles. The lowest BCUT2D eigenvalue weighted by atomic mass is 9.89. The van der Waals surface area contributed by atoms with E-state index in [9.17, 15) is 22.8 Å². The van der Waals surface area contributed by atoms with Gasteiger partial charge in [0.1, 0.15) is 23.7 Å². The van der Waals surface area contributed by atoms with Crippen molar-refractivity contribution in [1.29, 1.82) is 0 Å². The Hall–Kier alpha value is -3.06. The smallest absolute Gasteiger partial charge is 0.267 e. The fraction of sp³-hybridized carbons (Fsp3) is 0.321. The Labute approximate surface area is 237 Å². The number of rotatable bonds is 12. The SMILES string of the molecule is O=C(NO)C1(NS(=O)(=O)c2ccc(OCc3ccc(F)cc3Cl)cc2)CCC(CCOCc2ccccc2)OC1. The van der Waals surface area contributed by atoms with Crippen LogP contribution in [0.3, 0.4) is 0 Å². The fourth-order valence-electron chi connectivity index (χ4n) is 4.27. The van der Waals surface area contributed by atoms with Gasteiger partial charge in [0.25, 0.3) is 5.91 Å². The molecule has 9 nitrogen and oxygen atoms in total. The maximum absolute atomic E-state index is 13.2. The van der Waals surface area contributed by atoms with Crippen LogP contribution < -0.4 is 14.9 Å². The third kappa shape index (κ3) is 7.78. The number of amides is 1. The molecule has 0 radical (unpaired) electrons. The highest BCUT2D eigenvalue weighted by molar-refractivity contribution is 7.89. The van der Waals surface area contributed by atoms with Gasteiger partial charge in [0.05, 0.1) is 29.2 Å². The normalized spacial score (nSPS) is 19.2. The van der Waals surface area contributed by atoms with Crippen molar-refractivity contribution in [1.82, 2.24) is 10.2 Å². The second-order valence-corrected chi connectivity index (χ2v) is 11.5.